The van der Waals surface area contributed by atoms with Gasteiger partial charge in [0.05, 0.1) is 0 Å². The highest BCUT2D eigenvalue weighted by molar-refractivity contribution is 5.85. The molecule has 0 saturated carbocycles. The molecule has 0 aliphatic heterocycles. The van der Waals surface area contributed by atoms with Crippen molar-refractivity contribution in [1.82, 2.24) is 4.90 Å². The fourth-order valence-electron chi connectivity index (χ4n) is 4.39. The molecule has 0 aliphatic rings. The van der Waals surface area contributed by atoms with Gasteiger partial charge < -0.3 is 0 Å². The van der Waals surface area contributed by atoms with E-state index in [1.54, 1.807) is 0 Å². The smallest absolute Gasteiger partial charge is 0.0469 e. The van der Waals surface area contributed by atoms with Gasteiger partial charge in [-0.05, 0) is 36.2 Å². The minimum absolute atomic E-state index is 0. The molecule has 2 heteroatoms. The molecule has 3 aromatic carbocycles. The summed E-state index contributed by atoms with van der Waals surface area (Å²) >= 11 is 0. The number of nitrogens with zero attached hydrogens (tertiary/aromatic N) is 1. The summed E-state index contributed by atoms with van der Waals surface area (Å²) in [6.07, 6.45) is 3.08. The van der Waals surface area contributed by atoms with Crippen LogP contribution in [0.25, 0.3) is 0 Å². The highest BCUT2D eigenvalue weighted by atomic mass is 35.5. The molecule has 0 radical (unpaired) electrons. The third-order valence-corrected chi connectivity index (χ3v) is 5.87. The Hall–Kier alpha value is -2.35. The monoisotopic (exact) mass is 405 g/mol. The second-order valence-corrected chi connectivity index (χ2v) is 7.23. The summed E-state index contributed by atoms with van der Waals surface area (Å²) in [6.45, 7) is 10.7. The van der Waals surface area contributed by atoms with Crippen molar-refractivity contribution in [1.29, 1.82) is 0 Å². The SMILES string of the molecule is C=CC(CC(c1ccccc1)(c1ccccc1)c1ccccc1)N(CC)CC.Cl. The average molecular weight is 406 g/mol. The molecule has 0 aliphatic carbocycles. The van der Waals surface area contributed by atoms with Crippen LogP contribution in [-0.4, -0.2) is 24.0 Å². The second kappa shape index (κ2) is 11.0. The first-order valence-corrected chi connectivity index (χ1v) is 10.3. The van der Waals surface area contributed by atoms with Crippen LogP contribution in [-0.2, 0) is 5.41 Å². The Labute approximate surface area is 182 Å². The van der Waals surface area contributed by atoms with Crippen molar-refractivity contribution in [3.63, 3.8) is 0 Å². The zero-order valence-corrected chi connectivity index (χ0v) is 18.3. The summed E-state index contributed by atoms with van der Waals surface area (Å²) in [4.78, 5) is 2.50. The Morgan fingerprint density at radius 3 is 1.34 bits per heavy atom. The average Bonchev–Trinajstić information content (AvgIpc) is 2.78. The first-order chi connectivity index (χ1) is 13.8. The summed E-state index contributed by atoms with van der Waals surface area (Å²) in [7, 11) is 0. The summed E-state index contributed by atoms with van der Waals surface area (Å²) < 4.78 is 0. The molecule has 0 spiro atoms. The Morgan fingerprint density at radius 1 is 0.724 bits per heavy atom. The van der Waals surface area contributed by atoms with Crippen molar-refractivity contribution < 1.29 is 0 Å². The third-order valence-electron chi connectivity index (χ3n) is 5.87. The van der Waals surface area contributed by atoms with Gasteiger partial charge in [-0.2, -0.15) is 0 Å². The standard InChI is InChI=1S/C27H31N.ClH/c1-4-26(28(5-2)6-3)22-27(23-16-10-7-11-17-23,24-18-12-8-13-19-24)25-20-14-9-15-21-25;/h4,7-21,26H,1,5-6,22H2,2-3H3;1H. The highest BCUT2D eigenvalue weighted by Gasteiger charge is 2.38. The maximum atomic E-state index is 4.20. The van der Waals surface area contributed by atoms with Gasteiger partial charge in [-0.25, -0.2) is 0 Å². The van der Waals surface area contributed by atoms with Crippen molar-refractivity contribution >= 4 is 12.4 Å². The number of likely N-dealkylation sites (N-methyl/N-ethyl adjacent to an activating group) is 1. The summed E-state index contributed by atoms with van der Waals surface area (Å²) in [5, 5.41) is 0. The van der Waals surface area contributed by atoms with Gasteiger partial charge in [0.25, 0.3) is 0 Å². The Bertz CT molecular complexity index is 745. The molecule has 0 heterocycles. The number of rotatable bonds is 9. The van der Waals surface area contributed by atoms with Crippen LogP contribution >= 0.6 is 12.4 Å². The molecular weight excluding hydrogens is 374 g/mol. The first-order valence-electron chi connectivity index (χ1n) is 10.3. The molecule has 0 aromatic heterocycles. The molecule has 0 amide bonds. The quantitative estimate of drug-likeness (QED) is 0.282. The van der Waals surface area contributed by atoms with E-state index in [1.807, 2.05) is 0 Å². The van der Waals surface area contributed by atoms with E-state index < -0.39 is 0 Å². The second-order valence-electron chi connectivity index (χ2n) is 7.23. The maximum Gasteiger partial charge on any atom is 0.0469 e. The first kappa shape index (κ1) is 22.9. The molecule has 152 valence electrons. The van der Waals surface area contributed by atoms with Crippen LogP contribution in [0.5, 0.6) is 0 Å². The van der Waals surface area contributed by atoms with Crippen LogP contribution in [0, 0.1) is 0 Å². The van der Waals surface area contributed by atoms with Gasteiger partial charge in [-0.3, -0.25) is 4.90 Å². The Kier molecular flexibility index (Phi) is 8.70. The van der Waals surface area contributed by atoms with Crippen molar-refractivity contribution in [3.05, 3.63) is 120 Å². The van der Waals surface area contributed by atoms with Gasteiger partial charge in [0.2, 0.25) is 0 Å². The fourth-order valence-corrected chi connectivity index (χ4v) is 4.39. The minimum Gasteiger partial charge on any atom is -0.297 e. The molecule has 1 atom stereocenters. The zero-order chi connectivity index (χ0) is 19.8. The number of benzene rings is 3. The van der Waals surface area contributed by atoms with E-state index in [9.17, 15) is 0 Å². The fraction of sp³-hybridized carbons (Fsp3) is 0.259. The van der Waals surface area contributed by atoms with E-state index in [4.69, 9.17) is 0 Å². The van der Waals surface area contributed by atoms with E-state index in [0.29, 0.717) is 0 Å². The minimum atomic E-state index is -0.231. The van der Waals surface area contributed by atoms with Gasteiger partial charge in [-0.1, -0.05) is 111 Å². The molecule has 1 nitrogen and oxygen atoms in total. The molecule has 1 unspecified atom stereocenters. The van der Waals surface area contributed by atoms with Crippen LogP contribution in [0.1, 0.15) is 37.0 Å². The van der Waals surface area contributed by atoms with Crippen molar-refractivity contribution in [3.8, 4) is 0 Å². The molecular formula is C27H32ClN. The lowest BCUT2D eigenvalue weighted by Crippen LogP contribution is -2.41. The zero-order valence-electron chi connectivity index (χ0n) is 17.5. The normalized spacial score (nSPS) is 12.2. The summed E-state index contributed by atoms with van der Waals surface area (Å²) in [5.74, 6) is 0. The molecule has 0 saturated heterocycles. The molecule has 3 rings (SSSR count). The van der Waals surface area contributed by atoms with Gasteiger partial charge in [-0.15, -0.1) is 19.0 Å². The molecule has 3 aromatic rings. The topological polar surface area (TPSA) is 3.24 Å². The van der Waals surface area contributed by atoms with Gasteiger partial charge in [0.15, 0.2) is 0 Å². The van der Waals surface area contributed by atoms with E-state index in [1.165, 1.54) is 16.7 Å². The van der Waals surface area contributed by atoms with Crippen LogP contribution in [0.4, 0.5) is 0 Å². The molecule has 0 bridgehead atoms. The van der Waals surface area contributed by atoms with Crippen LogP contribution in [0.3, 0.4) is 0 Å². The van der Waals surface area contributed by atoms with Gasteiger partial charge in [0, 0.05) is 11.5 Å². The summed E-state index contributed by atoms with van der Waals surface area (Å²) in [5.41, 5.74) is 3.75. The predicted molar refractivity (Wildman–Crippen MR) is 128 cm³/mol. The Balaban J connectivity index is 0.00000300. The lowest BCUT2D eigenvalue weighted by Gasteiger charge is -2.41. The number of halogens is 1. The van der Waals surface area contributed by atoms with Gasteiger partial charge in [0.1, 0.15) is 0 Å². The summed E-state index contributed by atoms with van der Waals surface area (Å²) in [6, 6.07) is 33.1. The van der Waals surface area contributed by atoms with E-state index in [2.05, 4.69) is 122 Å². The van der Waals surface area contributed by atoms with Gasteiger partial charge >= 0.3 is 0 Å². The number of hydrogen-bond donors (Lipinski definition) is 0. The van der Waals surface area contributed by atoms with Crippen LogP contribution < -0.4 is 0 Å². The molecule has 29 heavy (non-hydrogen) atoms. The van der Waals surface area contributed by atoms with Crippen molar-refractivity contribution in [2.45, 2.75) is 31.7 Å². The van der Waals surface area contributed by atoms with Crippen LogP contribution in [0.2, 0.25) is 0 Å². The lowest BCUT2D eigenvalue weighted by atomic mass is 9.65. The van der Waals surface area contributed by atoms with Crippen molar-refractivity contribution in [2.24, 2.45) is 0 Å². The van der Waals surface area contributed by atoms with E-state index in [-0.39, 0.29) is 23.9 Å². The van der Waals surface area contributed by atoms with Crippen LogP contribution in [0.15, 0.2) is 104 Å². The largest absolute Gasteiger partial charge is 0.297 e. The molecule has 0 N–H and O–H groups in total. The van der Waals surface area contributed by atoms with E-state index >= 15 is 0 Å². The Morgan fingerprint density at radius 2 is 1.07 bits per heavy atom. The molecule has 0 fully saturated rings. The predicted octanol–water partition coefficient (Wildman–Crippen LogP) is 6.73. The highest BCUT2D eigenvalue weighted by Crippen LogP contribution is 2.43. The lowest BCUT2D eigenvalue weighted by molar-refractivity contribution is 0.226. The number of hydrogen-bond acceptors (Lipinski definition) is 1. The maximum absolute atomic E-state index is 4.20. The third kappa shape index (κ3) is 4.80. The van der Waals surface area contributed by atoms with Crippen molar-refractivity contribution in [2.75, 3.05) is 13.1 Å². The van der Waals surface area contributed by atoms with E-state index in [0.717, 1.165) is 19.5 Å².